The summed E-state index contributed by atoms with van der Waals surface area (Å²) in [5.74, 6) is 1.54. The van der Waals surface area contributed by atoms with E-state index in [0.29, 0.717) is 11.5 Å². The lowest BCUT2D eigenvalue weighted by molar-refractivity contribution is -0.140. The summed E-state index contributed by atoms with van der Waals surface area (Å²) in [4.78, 5) is 12.5. The van der Waals surface area contributed by atoms with Gasteiger partial charge in [0.25, 0.3) is 0 Å². The van der Waals surface area contributed by atoms with E-state index in [1.165, 1.54) is 25.3 Å². The molecule has 1 saturated carbocycles. The van der Waals surface area contributed by atoms with E-state index in [9.17, 15) is 4.79 Å². The maximum atomic E-state index is 12.5. The summed E-state index contributed by atoms with van der Waals surface area (Å²) in [5.41, 5.74) is 0.828. The Morgan fingerprint density at radius 1 is 1.28 bits per heavy atom. The molecule has 0 N–H and O–H groups in total. The van der Waals surface area contributed by atoms with Crippen molar-refractivity contribution >= 4 is 12.0 Å². The van der Waals surface area contributed by atoms with Gasteiger partial charge in [0.15, 0.2) is 11.5 Å². The first-order chi connectivity index (χ1) is 12.2. The second-order valence-electron chi connectivity index (χ2n) is 6.65. The Kier molecular flexibility index (Phi) is 7.53. The molecule has 1 aromatic rings. The predicted octanol–water partition coefficient (Wildman–Crippen LogP) is 5.13. The van der Waals surface area contributed by atoms with Crippen molar-refractivity contribution in [3.8, 4) is 17.6 Å². The van der Waals surface area contributed by atoms with E-state index in [2.05, 4.69) is 6.92 Å². The number of hydrogen-bond donors (Lipinski definition) is 0. The molecule has 4 heteroatoms. The Labute approximate surface area is 150 Å². The molecule has 0 saturated heterocycles. The van der Waals surface area contributed by atoms with Gasteiger partial charge in [0.2, 0.25) is 0 Å². The Morgan fingerprint density at radius 2 is 2.04 bits per heavy atom. The number of carbonyl (C=O) groups is 1. The second kappa shape index (κ2) is 9.88. The van der Waals surface area contributed by atoms with Crippen LogP contribution in [0.4, 0.5) is 0 Å². The lowest BCUT2D eigenvalue weighted by Crippen LogP contribution is -2.25. The van der Waals surface area contributed by atoms with Gasteiger partial charge in [0.05, 0.1) is 19.1 Å². The minimum Gasteiger partial charge on any atom is -0.493 e. The molecule has 0 amide bonds. The molecule has 0 atom stereocenters. The Hall–Kier alpha value is -2.28. The molecule has 2 rings (SSSR count). The lowest BCUT2D eigenvalue weighted by Gasteiger charge is -2.27. The van der Waals surface area contributed by atoms with Crippen LogP contribution in [0.1, 0.15) is 57.4 Å². The van der Waals surface area contributed by atoms with Gasteiger partial charge in [0, 0.05) is 6.08 Å². The average molecular weight is 341 g/mol. The van der Waals surface area contributed by atoms with E-state index >= 15 is 0 Å². The van der Waals surface area contributed by atoms with Crippen LogP contribution >= 0.6 is 0 Å². The minimum absolute atomic E-state index is 0.0132. The van der Waals surface area contributed by atoms with E-state index in [1.807, 2.05) is 6.07 Å². The first-order valence-corrected chi connectivity index (χ1v) is 9.13. The van der Waals surface area contributed by atoms with Crippen LogP contribution in [0, 0.1) is 23.2 Å². The number of rotatable bonds is 7. The summed E-state index contributed by atoms with van der Waals surface area (Å²) < 4.78 is 10.9. The number of nitrogens with zero attached hydrogens (tertiary/aromatic N) is 1. The Bertz CT molecular complexity index is 637. The first-order valence-electron chi connectivity index (χ1n) is 9.13. The van der Waals surface area contributed by atoms with Crippen molar-refractivity contribution in [2.75, 3.05) is 7.11 Å². The molecule has 25 heavy (non-hydrogen) atoms. The van der Waals surface area contributed by atoms with E-state index < -0.39 is 0 Å². The number of carbonyl (C=O) groups excluding carboxylic acids is 1. The SMILES string of the molecule is CCCCC1CCC(C(=O)Oc2ccc(/C=C\C#N)cc2OC)CC1. The number of allylic oxidation sites excluding steroid dienone is 1. The summed E-state index contributed by atoms with van der Waals surface area (Å²) in [6, 6.07) is 7.24. The van der Waals surface area contributed by atoms with E-state index in [4.69, 9.17) is 14.7 Å². The zero-order valence-corrected chi connectivity index (χ0v) is 15.2. The second-order valence-corrected chi connectivity index (χ2v) is 6.65. The van der Waals surface area contributed by atoms with Crippen LogP contribution in [0.3, 0.4) is 0 Å². The molecular formula is C21H27NO3. The molecule has 1 aliphatic rings. The van der Waals surface area contributed by atoms with Gasteiger partial charge < -0.3 is 9.47 Å². The van der Waals surface area contributed by atoms with E-state index in [-0.39, 0.29) is 11.9 Å². The van der Waals surface area contributed by atoms with Crippen LogP contribution in [0.5, 0.6) is 11.5 Å². The van der Waals surface area contributed by atoms with Crippen LogP contribution in [0.15, 0.2) is 24.3 Å². The number of hydrogen-bond acceptors (Lipinski definition) is 4. The summed E-state index contributed by atoms with van der Waals surface area (Å²) >= 11 is 0. The largest absolute Gasteiger partial charge is 0.493 e. The fourth-order valence-corrected chi connectivity index (χ4v) is 3.38. The van der Waals surface area contributed by atoms with Crippen LogP contribution < -0.4 is 9.47 Å². The lowest BCUT2D eigenvalue weighted by atomic mass is 9.80. The van der Waals surface area contributed by atoms with Gasteiger partial charge in [-0.25, -0.2) is 0 Å². The zero-order valence-electron chi connectivity index (χ0n) is 15.2. The van der Waals surface area contributed by atoms with Crippen molar-refractivity contribution in [1.29, 1.82) is 5.26 Å². The molecule has 1 aliphatic carbocycles. The monoisotopic (exact) mass is 341 g/mol. The van der Waals surface area contributed by atoms with Gasteiger partial charge in [-0.15, -0.1) is 0 Å². The zero-order chi connectivity index (χ0) is 18.1. The first kappa shape index (κ1) is 19.1. The highest BCUT2D eigenvalue weighted by molar-refractivity contribution is 5.76. The van der Waals surface area contributed by atoms with E-state index in [1.54, 1.807) is 31.4 Å². The van der Waals surface area contributed by atoms with Crippen molar-refractivity contribution in [2.45, 2.75) is 51.9 Å². The van der Waals surface area contributed by atoms with Crippen LogP contribution in [0.25, 0.3) is 6.08 Å². The summed E-state index contributed by atoms with van der Waals surface area (Å²) in [6.45, 7) is 2.22. The fourth-order valence-electron chi connectivity index (χ4n) is 3.38. The van der Waals surface area contributed by atoms with Gasteiger partial charge in [-0.2, -0.15) is 5.26 Å². The summed E-state index contributed by atoms with van der Waals surface area (Å²) in [7, 11) is 1.55. The minimum atomic E-state index is -0.160. The summed E-state index contributed by atoms with van der Waals surface area (Å²) in [6.07, 6.45) is 11.0. The molecule has 4 nitrogen and oxygen atoms in total. The molecule has 0 radical (unpaired) electrons. The normalized spacial score (nSPS) is 20.2. The molecule has 0 bridgehead atoms. The molecule has 1 aromatic carbocycles. The van der Waals surface area contributed by atoms with Crippen LogP contribution in [-0.2, 0) is 4.79 Å². The molecule has 0 aliphatic heterocycles. The Balaban J connectivity index is 1.94. The van der Waals surface area contributed by atoms with Crippen molar-refractivity contribution in [1.82, 2.24) is 0 Å². The van der Waals surface area contributed by atoms with Crippen molar-refractivity contribution < 1.29 is 14.3 Å². The van der Waals surface area contributed by atoms with Gasteiger partial charge >= 0.3 is 5.97 Å². The highest BCUT2D eigenvalue weighted by Crippen LogP contribution is 2.34. The van der Waals surface area contributed by atoms with Gasteiger partial charge in [-0.05, 0) is 55.4 Å². The van der Waals surface area contributed by atoms with Crippen molar-refractivity contribution in [3.05, 3.63) is 29.8 Å². The van der Waals surface area contributed by atoms with Gasteiger partial charge in [-0.3, -0.25) is 4.79 Å². The number of unbranched alkanes of at least 4 members (excludes halogenated alkanes) is 1. The predicted molar refractivity (Wildman–Crippen MR) is 98.2 cm³/mol. The molecule has 0 heterocycles. The van der Waals surface area contributed by atoms with Crippen LogP contribution in [-0.4, -0.2) is 13.1 Å². The molecule has 0 spiro atoms. The van der Waals surface area contributed by atoms with Crippen molar-refractivity contribution in [2.24, 2.45) is 11.8 Å². The highest BCUT2D eigenvalue weighted by atomic mass is 16.6. The third-order valence-corrected chi connectivity index (χ3v) is 4.89. The third kappa shape index (κ3) is 5.63. The number of benzene rings is 1. The Morgan fingerprint density at radius 3 is 2.68 bits per heavy atom. The van der Waals surface area contributed by atoms with Gasteiger partial charge in [-0.1, -0.05) is 32.3 Å². The highest BCUT2D eigenvalue weighted by Gasteiger charge is 2.28. The maximum absolute atomic E-state index is 12.5. The third-order valence-electron chi connectivity index (χ3n) is 4.89. The molecule has 0 unspecified atom stereocenters. The number of esters is 1. The number of methoxy groups -OCH3 is 1. The standard InChI is InChI=1S/C21H27NO3/c1-3-4-6-16-8-11-18(12-9-16)21(23)25-19-13-10-17(7-5-14-22)15-20(19)24-2/h5,7,10,13,15-16,18H,3-4,6,8-9,11-12H2,1-2H3/b7-5-. The summed E-state index contributed by atoms with van der Waals surface area (Å²) in [5, 5.41) is 8.60. The number of ether oxygens (including phenoxy) is 2. The topological polar surface area (TPSA) is 59.3 Å². The van der Waals surface area contributed by atoms with E-state index in [0.717, 1.165) is 37.2 Å². The average Bonchev–Trinajstić information content (AvgIpc) is 2.65. The molecule has 1 fully saturated rings. The quantitative estimate of drug-likeness (QED) is 0.392. The molecule has 134 valence electrons. The van der Waals surface area contributed by atoms with Gasteiger partial charge in [0.1, 0.15) is 0 Å². The molecule has 0 aromatic heterocycles. The maximum Gasteiger partial charge on any atom is 0.314 e. The van der Waals surface area contributed by atoms with Crippen LogP contribution in [0.2, 0.25) is 0 Å². The molecular weight excluding hydrogens is 314 g/mol. The number of nitriles is 1. The fraction of sp³-hybridized carbons (Fsp3) is 0.524. The smallest absolute Gasteiger partial charge is 0.314 e. The van der Waals surface area contributed by atoms with Crippen molar-refractivity contribution in [3.63, 3.8) is 0 Å².